The number of nitrogens with one attached hydrogen (secondary N) is 2. The number of nitrogens with zero attached hydrogens (tertiary/aromatic N) is 3. The molecule has 1 aromatic carbocycles. The van der Waals surface area contributed by atoms with Crippen molar-refractivity contribution in [3.05, 3.63) is 35.5 Å². The Balaban J connectivity index is 1.65. The third kappa shape index (κ3) is 6.10. The van der Waals surface area contributed by atoms with Crippen molar-refractivity contribution in [1.82, 2.24) is 20.8 Å². The van der Waals surface area contributed by atoms with Crippen molar-refractivity contribution in [2.75, 3.05) is 20.2 Å². The summed E-state index contributed by atoms with van der Waals surface area (Å²) in [7, 11) is 1.68. The molecule has 2 aromatic rings. The van der Waals surface area contributed by atoms with Crippen LogP contribution in [0.4, 0.5) is 0 Å². The number of aliphatic imine (C=N–C) groups is 1. The van der Waals surface area contributed by atoms with E-state index in [1.54, 1.807) is 7.11 Å². The normalized spacial score (nSPS) is 14.8. The molecule has 1 aromatic heterocycles. The summed E-state index contributed by atoms with van der Waals surface area (Å²) in [6, 6.07) is 5.96. The minimum Gasteiger partial charge on any atom is -0.493 e. The van der Waals surface area contributed by atoms with Crippen LogP contribution in [0.25, 0.3) is 0 Å². The molecule has 0 unspecified atom stereocenters. The number of benzene rings is 1. The monoisotopic (exact) mass is 401 g/mol. The third-order valence-corrected chi connectivity index (χ3v) is 4.82. The summed E-state index contributed by atoms with van der Waals surface area (Å²) in [4.78, 5) is 8.94. The molecule has 2 N–H and O–H groups in total. The lowest BCUT2D eigenvalue weighted by molar-refractivity contribution is 0.198. The number of rotatable bonds is 9. The molecular formula is C21H31N5O3. The van der Waals surface area contributed by atoms with E-state index in [-0.39, 0.29) is 6.10 Å². The lowest BCUT2D eigenvalue weighted by Crippen LogP contribution is -2.38. The fraction of sp³-hybridized carbons (Fsp3) is 0.571. The molecular weight excluding hydrogens is 370 g/mol. The van der Waals surface area contributed by atoms with E-state index in [2.05, 4.69) is 20.8 Å². The summed E-state index contributed by atoms with van der Waals surface area (Å²) in [5.74, 6) is 3.56. The number of hydrogen-bond acceptors (Lipinski definition) is 6. The highest BCUT2D eigenvalue weighted by Crippen LogP contribution is 2.35. The number of para-hydroxylation sites is 1. The summed E-state index contributed by atoms with van der Waals surface area (Å²) in [6.45, 7) is 5.77. The SMILES string of the molecule is CCNC(=NCc1cccc(OC)c1OC1CCCC1)NCCc1nc(C)no1. The summed E-state index contributed by atoms with van der Waals surface area (Å²) in [5, 5.41) is 10.4. The minimum absolute atomic E-state index is 0.262. The molecule has 8 nitrogen and oxygen atoms in total. The number of methoxy groups -OCH3 is 1. The first-order valence-corrected chi connectivity index (χ1v) is 10.3. The van der Waals surface area contributed by atoms with Crippen molar-refractivity contribution in [3.63, 3.8) is 0 Å². The van der Waals surface area contributed by atoms with Gasteiger partial charge < -0.3 is 24.6 Å². The van der Waals surface area contributed by atoms with Crippen molar-refractivity contribution >= 4 is 5.96 Å². The molecule has 0 radical (unpaired) electrons. The molecule has 158 valence electrons. The van der Waals surface area contributed by atoms with E-state index < -0.39 is 0 Å². The van der Waals surface area contributed by atoms with Crippen molar-refractivity contribution in [2.45, 2.75) is 58.6 Å². The molecule has 0 saturated heterocycles. The Labute approximate surface area is 172 Å². The largest absolute Gasteiger partial charge is 0.493 e. The van der Waals surface area contributed by atoms with Crippen LogP contribution < -0.4 is 20.1 Å². The van der Waals surface area contributed by atoms with Gasteiger partial charge in [0.05, 0.1) is 19.8 Å². The van der Waals surface area contributed by atoms with E-state index in [1.165, 1.54) is 12.8 Å². The van der Waals surface area contributed by atoms with Crippen LogP contribution in [0.1, 0.15) is 49.9 Å². The van der Waals surface area contributed by atoms with E-state index in [9.17, 15) is 0 Å². The first-order chi connectivity index (χ1) is 14.2. The molecule has 1 aliphatic carbocycles. The topological polar surface area (TPSA) is 93.8 Å². The van der Waals surface area contributed by atoms with Crippen molar-refractivity contribution in [3.8, 4) is 11.5 Å². The quantitative estimate of drug-likeness (QED) is 0.493. The number of guanidine groups is 1. The molecule has 3 rings (SSSR count). The van der Waals surface area contributed by atoms with Gasteiger partial charge in [-0.25, -0.2) is 4.99 Å². The molecule has 8 heteroatoms. The second-order valence-corrected chi connectivity index (χ2v) is 7.08. The van der Waals surface area contributed by atoms with Gasteiger partial charge in [-0.05, 0) is 45.6 Å². The molecule has 0 atom stereocenters. The van der Waals surface area contributed by atoms with Crippen LogP contribution in [0, 0.1) is 6.92 Å². The average molecular weight is 402 g/mol. The molecule has 0 bridgehead atoms. The highest BCUT2D eigenvalue weighted by molar-refractivity contribution is 5.79. The lowest BCUT2D eigenvalue weighted by atomic mass is 10.1. The lowest BCUT2D eigenvalue weighted by Gasteiger charge is -2.19. The van der Waals surface area contributed by atoms with Crippen LogP contribution in [0.5, 0.6) is 11.5 Å². The van der Waals surface area contributed by atoms with Crippen molar-refractivity contribution in [2.24, 2.45) is 4.99 Å². The highest BCUT2D eigenvalue weighted by Gasteiger charge is 2.20. The van der Waals surface area contributed by atoms with Gasteiger partial charge in [-0.3, -0.25) is 0 Å². The second kappa shape index (κ2) is 10.7. The molecule has 29 heavy (non-hydrogen) atoms. The van der Waals surface area contributed by atoms with Gasteiger partial charge in [-0.1, -0.05) is 17.3 Å². The first kappa shape index (κ1) is 21.0. The maximum Gasteiger partial charge on any atom is 0.228 e. The smallest absolute Gasteiger partial charge is 0.228 e. The van der Waals surface area contributed by atoms with Gasteiger partial charge >= 0.3 is 0 Å². The Morgan fingerprint density at radius 3 is 2.79 bits per heavy atom. The molecule has 0 aliphatic heterocycles. The number of aromatic nitrogens is 2. The maximum atomic E-state index is 6.30. The summed E-state index contributed by atoms with van der Waals surface area (Å²) in [5.41, 5.74) is 1.01. The zero-order valence-electron chi connectivity index (χ0n) is 17.5. The summed E-state index contributed by atoms with van der Waals surface area (Å²) in [6.07, 6.45) is 5.54. The highest BCUT2D eigenvalue weighted by atomic mass is 16.5. The molecule has 1 saturated carbocycles. The summed E-state index contributed by atoms with van der Waals surface area (Å²) < 4.78 is 17.0. The molecule has 0 amide bonds. The van der Waals surface area contributed by atoms with Crippen molar-refractivity contribution in [1.29, 1.82) is 0 Å². The fourth-order valence-corrected chi connectivity index (χ4v) is 3.39. The Bertz CT molecular complexity index is 799. The number of aryl methyl sites for hydroxylation is 1. The summed E-state index contributed by atoms with van der Waals surface area (Å²) >= 11 is 0. The average Bonchev–Trinajstić information content (AvgIpc) is 3.38. The molecule has 0 spiro atoms. The van der Waals surface area contributed by atoms with Crippen LogP contribution in [-0.2, 0) is 13.0 Å². The first-order valence-electron chi connectivity index (χ1n) is 10.3. The van der Waals surface area contributed by atoms with E-state index in [0.717, 1.165) is 42.4 Å². The van der Waals surface area contributed by atoms with Crippen LogP contribution in [0.3, 0.4) is 0 Å². The van der Waals surface area contributed by atoms with E-state index in [0.29, 0.717) is 31.2 Å². The molecule has 1 aliphatic rings. The molecule has 1 fully saturated rings. The van der Waals surface area contributed by atoms with Crippen LogP contribution in [-0.4, -0.2) is 42.4 Å². The van der Waals surface area contributed by atoms with Gasteiger partial charge in [-0.15, -0.1) is 0 Å². The van der Waals surface area contributed by atoms with Crippen LogP contribution in [0.15, 0.2) is 27.7 Å². The van der Waals surface area contributed by atoms with Gasteiger partial charge in [-0.2, -0.15) is 4.98 Å². The zero-order chi connectivity index (χ0) is 20.5. The van der Waals surface area contributed by atoms with Gasteiger partial charge in [0.25, 0.3) is 0 Å². The zero-order valence-corrected chi connectivity index (χ0v) is 17.5. The van der Waals surface area contributed by atoms with Gasteiger partial charge in [0.1, 0.15) is 0 Å². The van der Waals surface area contributed by atoms with Crippen LogP contribution in [0.2, 0.25) is 0 Å². The molecule has 1 heterocycles. The number of hydrogen-bond donors (Lipinski definition) is 2. The van der Waals surface area contributed by atoms with Gasteiger partial charge in [0.15, 0.2) is 23.3 Å². The number of ether oxygens (including phenoxy) is 2. The van der Waals surface area contributed by atoms with E-state index in [4.69, 9.17) is 19.0 Å². The third-order valence-electron chi connectivity index (χ3n) is 4.82. The minimum atomic E-state index is 0.262. The van der Waals surface area contributed by atoms with Gasteiger partial charge in [0, 0.05) is 25.1 Å². The predicted octanol–water partition coefficient (Wildman–Crippen LogP) is 3.01. The predicted molar refractivity (Wildman–Crippen MR) is 111 cm³/mol. The van der Waals surface area contributed by atoms with E-state index >= 15 is 0 Å². The fourth-order valence-electron chi connectivity index (χ4n) is 3.39. The Morgan fingerprint density at radius 2 is 2.10 bits per heavy atom. The Kier molecular flexibility index (Phi) is 7.72. The Morgan fingerprint density at radius 1 is 1.28 bits per heavy atom. The van der Waals surface area contributed by atoms with Crippen molar-refractivity contribution < 1.29 is 14.0 Å². The second-order valence-electron chi connectivity index (χ2n) is 7.08. The van der Waals surface area contributed by atoms with Gasteiger partial charge in [0.2, 0.25) is 5.89 Å². The Hall–Kier alpha value is -2.77. The van der Waals surface area contributed by atoms with E-state index in [1.807, 2.05) is 32.0 Å². The maximum absolute atomic E-state index is 6.30. The van der Waals surface area contributed by atoms with Crippen LogP contribution >= 0.6 is 0 Å². The standard InChI is InChI=1S/C21H31N5O3/c1-4-22-21(23-13-12-19-25-15(2)26-29-19)24-14-16-8-7-11-18(27-3)20(16)28-17-9-5-6-10-17/h7-8,11,17H,4-6,9-10,12-14H2,1-3H3,(H2,22,23,24).